The Morgan fingerprint density at radius 3 is 2.73 bits per heavy atom. The van der Waals surface area contributed by atoms with Gasteiger partial charge in [-0.2, -0.15) is 0 Å². The molecule has 0 atom stereocenters. The first kappa shape index (κ1) is 9.55. The Hall–Kier alpha value is -1.45. The van der Waals surface area contributed by atoms with Crippen LogP contribution in [0.25, 0.3) is 0 Å². The van der Waals surface area contributed by atoms with Crippen LogP contribution in [0.3, 0.4) is 0 Å². The van der Waals surface area contributed by atoms with Crippen LogP contribution < -0.4 is 5.32 Å². The van der Waals surface area contributed by atoms with Crippen LogP contribution in [0.4, 0.5) is 0 Å². The molecule has 0 fully saturated rings. The molecule has 0 aliphatic heterocycles. The topological polar surface area (TPSA) is 58.5 Å². The van der Waals surface area contributed by atoms with Crippen LogP contribution in [0.2, 0.25) is 0 Å². The molecule has 60 valence electrons. The van der Waals surface area contributed by atoms with Gasteiger partial charge in [-0.15, -0.1) is 0 Å². The van der Waals surface area contributed by atoms with Gasteiger partial charge < -0.3 is 5.32 Å². The summed E-state index contributed by atoms with van der Waals surface area (Å²) in [6, 6.07) is 0. The minimum absolute atomic E-state index is 0.0559. The molecule has 0 aromatic heterocycles. The van der Waals surface area contributed by atoms with Crippen LogP contribution in [0, 0.1) is 0 Å². The summed E-state index contributed by atoms with van der Waals surface area (Å²) in [6.07, 6.45) is 2.68. The van der Waals surface area contributed by atoms with Gasteiger partial charge >= 0.3 is 0 Å². The second-order valence-corrected chi connectivity index (χ2v) is 1.82. The number of hydrogen-bond donors (Lipinski definition) is 1. The molecule has 0 aromatic carbocycles. The molecule has 0 aliphatic rings. The van der Waals surface area contributed by atoms with Gasteiger partial charge in [-0.05, 0) is 0 Å². The Bertz CT molecular complexity index is 197. The van der Waals surface area contributed by atoms with E-state index in [0.717, 1.165) is 0 Å². The summed E-state index contributed by atoms with van der Waals surface area (Å²) in [4.78, 5) is 24.4. The Morgan fingerprint density at radius 1 is 1.64 bits per heavy atom. The fourth-order valence-corrected chi connectivity index (χ4v) is 0.382. The van der Waals surface area contributed by atoms with Crippen LogP contribution in [0.5, 0.6) is 0 Å². The highest BCUT2D eigenvalue weighted by Gasteiger charge is 1.96. The van der Waals surface area contributed by atoms with Gasteiger partial charge in [-0.25, -0.2) is 4.99 Å². The quantitative estimate of drug-likeness (QED) is 0.577. The lowest BCUT2D eigenvalue weighted by atomic mass is 10.5. The second kappa shape index (κ2) is 5.34. The van der Waals surface area contributed by atoms with Gasteiger partial charge in [0, 0.05) is 13.1 Å². The summed E-state index contributed by atoms with van der Waals surface area (Å²) < 4.78 is 0. The zero-order chi connectivity index (χ0) is 8.69. The molecule has 0 rings (SSSR count). The van der Waals surface area contributed by atoms with E-state index in [9.17, 15) is 9.59 Å². The highest BCUT2D eigenvalue weighted by Crippen LogP contribution is 1.71. The van der Waals surface area contributed by atoms with Crippen molar-refractivity contribution in [3.05, 3.63) is 12.7 Å². The number of aliphatic imine (C=N–C) groups is 1. The fourth-order valence-electron chi connectivity index (χ4n) is 0.382. The van der Waals surface area contributed by atoms with Crippen LogP contribution in [-0.4, -0.2) is 24.6 Å². The first-order chi connectivity index (χ1) is 5.16. The molecule has 0 radical (unpaired) electrons. The van der Waals surface area contributed by atoms with Gasteiger partial charge in [0.15, 0.2) is 0 Å². The Labute approximate surface area is 65.0 Å². The lowest BCUT2D eigenvalue weighted by Crippen LogP contribution is -2.26. The second-order valence-electron chi connectivity index (χ2n) is 1.82. The van der Waals surface area contributed by atoms with E-state index in [2.05, 4.69) is 16.9 Å². The summed E-state index contributed by atoms with van der Waals surface area (Å²) in [7, 11) is 0. The van der Waals surface area contributed by atoms with Crippen LogP contribution >= 0.6 is 0 Å². The van der Waals surface area contributed by atoms with Crippen molar-refractivity contribution in [2.24, 2.45) is 4.99 Å². The molecule has 0 aliphatic carbocycles. The number of carbonyl (C=O) groups excluding carboxylic acids is 2. The molecule has 0 saturated heterocycles. The molecule has 0 unspecified atom stereocenters. The highest BCUT2D eigenvalue weighted by atomic mass is 16.2. The van der Waals surface area contributed by atoms with Crippen molar-refractivity contribution in [3.8, 4) is 0 Å². The highest BCUT2D eigenvalue weighted by molar-refractivity contribution is 5.91. The van der Waals surface area contributed by atoms with Crippen molar-refractivity contribution >= 4 is 18.0 Å². The smallest absolute Gasteiger partial charge is 0.265 e. The van der Waals surface area contributed by atoms with Crippen molar-refractivity contribution < 1.29 is 9.59 Å². The maximum absolute atomic E-state index is 10.6. The molecule has 0 saturated carbocycles. The maximum atomic E-state index is 10.6. The third-order valence-corrected chi connectivity index (χ3v) is 0.812. The molecule has 1 N–H and O–H groups in total. The van der Waals surface area contributed by atoms with Gasteiger partial charge in [-0.3, -0.25) is 9.59 Å². The molecule has 0 bridgehead atoms. The summed E-state index contributed by atoms with van der Waals surface area (Å²) >= 11 is 0. The van der Waals surface area contributed by atoms with Gasteiger partial charge in [-0.1, -0.05) is 12.7 Å². The number of carbonyl (C=O) groups is 2. The predicted octanol–water partition coefficient (Wildman–Crippen LogP) is -0.0941. The standard InChI is InChI=1S/C7H10N2O2/c1-3-4-8-7(11)5-9-6(2)10/h3-4H,1,5H2,2H3,(H,9,10). The van der Waals surface area contributed by atoms with E-state index in [0.29, 0.717) is 0 Å². The number of hydrogen-bond acceptors (Lipinski definition) is 2. The number of rotatable bonds is 3. The number of amides is 2. The molecule has 11 heavy (non-hydrogen) atoms. The molecular weight excluding hydrogens is 144 g/mol. The van der Waals surface area contributed by atoms with E-state index >= 15 is 0 Å². The van der Waals surface area contributed by atoms with Gasteiger partial charge in [0.1, 0.15) is 0 Å². The summed E-state index contributed by atoms with van der Waals surface area (Å²) in [6.45, 7) is 4.62. The average Bonchev–Trinajstić information content (AvgIpc) is 1.97. The van der Waals surface area contributed by atoms with Crippen LogP contribution in [0.1, 0.15) is 6.92 Å². The van der Waals surface area contributed by atoms with Crippen molar-refractivity contribution in [2.45, 2.75) is 6.92 Å². The zero-order valence-electron chi connectivity index (χ0n) is 6.33. The van der Waals surface area contributed by atoms with E-state index in [1.807, 2.05) is 0 Å². The number of nitrogens with zero attached hydrogens (tertiary/aromatic N) is 1. The average molecular weight is 154 g/mol. The molecule has 4 nitrogen and oxygen atoms in total. The normalized spacial score (nSPS) is 9.55. The van der Waals surface area contributed by atoms with E-state index in [1.165, 1.54) is 19.2 Å². The lowest BCUT2D eigenvalue weighted by Gasteiger charge is -1.94. The molecule has 0 spiro atoms. The third kappa shape index (κ3) is 6.44. The molecule has 4 heteroatoms. The Balaban J connectivity index is 3.61. The zero-order valence-corrected chi connectivity index (χ0v) is 6.33. The number of nitrogens with one attached hydrogen (secondary N) is 1. The molecule has 2 amide bonds. The summed E-state index contributed by atoms with van der Waals surface area (Å²) in [5.41, 5.74) is 0. The maximum Gasteiger partial charge on any atom is 0.265 e. The summed E-state index contributed by atoms with van der Waals surface area (Å²) in [5, 5.41) is 2.32. The fraction of sp³-hybridized carbons (Fsp3) is 0.286. The first-order valence-corrected chi connectivity index (χ1v) is 3.09. The molecule has 0 aromatic rings. The predicted molar refractivity (Wildman–Crippen MR) is 42.4 cm³/mol. The first-order valence-electron chi connectivity index (χ1n) is 3.09. The van der Waals surface area contributed by atoms with Gasteiger partial charge in [0.05, 0.1) is 6.54 Å². The van der Waals surface area contributed by atoms with Crippen molar-refractivity contribution in [2.75, 3.05) is 6.54 Å². The van der Waals surface area contributed by atoms with Crippen molar-refractivity contribution in [1.29, 1.82) is 0 Å². The SMILES string of the molecule is C=CC=NC(=O)CNC(C)=O. The Kier molecular flexibility index (Phi) is 4.64. The molecule has 0 heterocycles. The van der Waals surface area contributed by atoms with Crippen molar-refractivity contribution in [1.82, 2.24) is 5.32 Å². The largest absolute Gasteiger partial charge is 0.347 e. The van der Waals surface area contributed by atoms with E-state index in [4.69, 9.17) is 0 Å². The minimum atomic E-state index is -0.389. The van der Waals surface area contributed by atoms with Gasteiger partial charge in [0.2, 0.25) is 5.91 Å². The Morgan fingerprint density at radius 2 is 2.27 bits per heavy atom. The van der Waals surface area contributed by atoms with Crippen LogP contribution in [0.15, 0.2) is 17.6 Å². The van der Waals surface area contributed by atoms with E-state index in [1.54, 1.807) is 0 Å². The van der Waals surface area contributed by atoms with E-state index < -0.39 is 0 Å². The van der Waals surface area contributed by atoms with Crippen molar-refractivity contribution in [3.63, 3.8) is 0 Å². The summed E-state index contributed by atoms with van der Waals surface area (Å²) in [5.74, 6) is -0.632. The monoisotopic (exact) mass is 154 g/mol. The van der Waals surface area contributed by atoms with Gasteiger partial charge in [0.25, 0.3) is 5.91 Å². The lowest BCUT2D eigenvalue weighted by molar-refractivity contribution is -0.123. The number of allylic oxidation sites excluding steroid dienone is 1. The van der Waals surface area contributed by atoms with Crippen LogP contribution in [-0.2, 0) is 9.59 Å². The molecular formula is C7H10N2O2. The third-order valence-electron chi connectivity index (χ3n) is 0.812. The van der Waals surface area contributed by atoms with E-state index in [-0.39, 0.29) is 18.4 Å². The minimum Gasteiger partial charge on any atom is -0.347 e.